The summed E-state index contributed by atoms with van der Waals surface area (Å²) in [6.07, 6.45) is 0. The molecule has 0 saturated carbocycles. The summed E-state index contributed by atoms with van der Waals surface area (Å²) < 4.78 is 13.3. The second kappa shape index (κ2) is 8.86. The van der Waals surface area contributed by atoms with Gasteiger partial charge in [0.25, 0.3) is 0 Å². The molecule has 7 heteroatoms. The molecule has 0 bridgehead atoms. The van der Waals surface area contributed by atoms with Gasteiger partial charge >= 0.3 is 0 Å². The molecule has 0 atom stereocenters. The molecular formula is C32H18BrN3O2S. The van der Waals surface area contributed by atoms with E-state index in [0.29, 0.717) is 11.8 Å². The topological polar surface area (TPSA) is 55.3 Å². The molecule has 0 N–H and O–H groups in total. The molecule has 2 aromatic heterocycles. The summed E-state index contributed by atoms with van der Waals surface area (Å²) in [5, 5.41) is 0. The molecule has 0 aliphatic carbocycles. The van der Waals surface area contributed by atoms with E-state index in [0.717, 1.165) is 59.8 Å². The smallest absolute Gasteiger partial charge is 0.227 e. The van der Waals surface area contributed by atoms with E-state index < -0.39 is 0 Å². The molecule has 0 saturated heterocycles. The quantitative estimate of drug-likeness (QED) is 0.205. The fraction of sp³-hybridized carbons (Fsp3) is 0. The lowest BCUT2D eigenvalue weighted by Crippen LogP contribution is -2.15. The Morgan fingerprint density at radius 3 is 2.00 bits per heavy atom. The normalized spacial score (nSPS) is 12.6. The highest BCUT2D eigenvalue weighted by Gasteiger charge is 2.27. The lowest BCUT2D eigenvalue weighted by molar-refractivity contribution is 0.619. The van der Waals surface area contributed by atoms with Crippen LogP contribution < -0.4 is 4.90 Å². The number of anilines is 3. The van der Waals surface area contributed by atoms with Gasteiger partial charge in [0.1, 0.15) is 11.0 Å². The molecule has 5 aromatic carbocycles. The molecular weight excluding hydrogens is 570 g/mol. The van der Waals surface area contributed by atoms with Gasteiger partial charge in [-0.05, 0) is 78.9 Å². The fourth-order valence-corrected chi connectivity index (χ4v) is 6.55. The molecule has 0 radical (unpaired) electrons. The van der Waals surface area contributed by atoms with E-state index in [1.807, 2.05) is 60.7 Å². The van der Waals surface area contributed by atoms with E-state index in [4.69, 9.17) is 18.8 Å². The van der Waals surface area contributed by atoms with Crippen molar-refractivity contribution in [2.24, 2.45) is 0 Å². The largest absolute Gasteiger partial charge is 0.436 e. The average Bonchev–Trinajstić information content (AvgIpc) is 3.60. The maximum Gasteiger partial charge on any atom is 0.227 e. The Morgan fingerprint density at radius 2 is 1.28 bits per heavy atom. The van der Waals surface area contributed by atoms with E-state index in [-0.39, 0.29) is 0 Å². The van der Waals surface area contributed by atoms with Crippen LogP contribution in [-0.4, -0.2) is 9.97 Å². The summed E-state index contributed by atoms with van der Waals surface area (Å²) in [7, 11) is 0. The van der Waals surface area contributed by atoms with Crippen LogP contribution >= 0.6 is 27.7 Å². The fourth-order valence-electron chi connectivity index (χ4n) is 4.96. The van der Waals surface area contributed by atoms with Crippen molar-refractivity contribution in [3.05, 3.63) is 114 Å². The van der Waals surface area contributed by atoms with Crippen LogP contribution in [-0.2, 0) is 0 Å². The third-order valence-electron chi connectivity index (χ3n) is 6.77. The predicted molar refractivity (Wildman–Crippen MR) is 159 cm³/mol. The Balaban J connectivity index is 1.29. The minimum atomic E-state index is 0.598. The van der Waals surface area contributed by atoms with E-state index in [1.54, 1.807) is 11.8 Å². The van der Waals surface area contributed by atoms with Crippen LogP contribution in [0.4, 0.5) is 17.1 Å². The van der Waals surface area contributed by atoms with Gasteiger partial charge in [0.05, 0.1) is 11.4 Å². The number of oxazole rings is 2. The number of nitrogens with zero attached hydrogens (tertiary/aromatic N) is 3. The summed E-state index contributed by atoms with van der Waals surface area (Å²) >= 11 is 5.41. The van der Waals surface area contributed by atoms with Crippen molar-refractivity contribution >= 4 is 67.0 Å². The van der Waals surface area contributed by atoms with Gasteiger partial charge in [-0.25, -0.2) is 9.97 Å². The van der Waals surface area contributed by atoms with Gasteiger partial charge in [-0.3, -0.25) is 0 Å². The Bertz CT molecular complexity index is 1980. The first-order chi connectivity index (χ1) is 19.2. The van der Waals surface area contributed by atoms with Gasteiger partial charge in [0.2, 0.25) is 11.8 Å². The van der Waals surface area contributed by atoms with Crippen LogP contribution in [0.3, 0.4) is 0 Å². The van der Waals surface area contributed by atoms with E-state index in [1.165, 1.54) is 4.90 Å². The summed E-state index contributed by atoms with van der Waals surface area (Å²) in [5.74, 6) is 1.20. The summed E-state index contributed by atoms with van der Waals surface area (Å²) in [6.45, 7) is 0. The monoisotopic (exact) mass is 587 g/mol. The van der Waals surface area contributed by atoms with Gasteiger partial charge in [-0.1, -0.05) is 58.0 Å². The molecule has 39 heavy (non-hydrogen) atoms. The molecule has 186 valence electrons. The third kappa shape index (κ3) is 3.85. The lowest BCUT2D eigenvalue weighted by atomic mass is 10.1. The molecule has 0 spiro atoms. The lowest BCUT2D eigenvalue weighted by Gasteiger charge is -2.33. The zero-order chi connectivity index (χ0) is 25.9. The average molecular weight is 588 g/mol. The highest BCUT2D eigenvalue weighted by Crippen LogP contribution is 2.53. The van der Waals surface area contributed by atoms with Crippen LogP contribution in [0.25, 0.3) is 45.1 Å². The molecule has 7 aromatic rings. The van der Waals surface area contributed by atoms with Crippen LogP contribution in [0.5, 0.6) is 0 Å². The zero-order valence-electron chi connectivity index (χ0n) is 20.3. The van der Waals surface area contributed by atoms with E-state index in [9.17, 15) is 0 Å². The van der Waals surface area contributed by atoms with Crippen molar-refractivity contribution in [1.29, 1.82) is 0 Å². The molecule has 8 rings (SSSR count). The number of rotatable bonds is 3. The first-order valence-corrected chi connectivity index (χ1v) is 14.0. The number of fused-ring (bicyclic) bond motifs is 4. The highest BCUT2D eigenvalue weighted by atomic mass is 79.9. The summed E-state index contributed by atoms with van der Waals surface area (Å²) in [4.78, 5) is 14.1. The molecule has 0 fully saturated rings. The minimum Gasteiger partial charge on any atom is -0.436 e. The van der Waals surface area contributed by atoms with Gasteiger partial charge in [-0.15, -0.1) is 0 Å². The number of halogens is 1. The Morgan fingerprint density at radius 1 is 0.590 bits per heavy atom. The van der Waals surface area contributed by atoms with Crippen LogP contribution in [0.2, 0.25) is 0 Å². The van der Waals surface area contributed by atoms with Crippen LogP contribution in [0, 0.1) is 0 Å². The van der Waals surface area contributed by atoms with Crippen molar-refractivity contribution in [3.8, 4) is 22.9 Å². The highest BCUT2D eigenvalue weighted by molar-refractivity contribution is 9.10. The summed E-state index contributed by atoms with van der Waals surface area (Å²) in [6, 6.07) is 36.8. The third-order valence-corrected chi connectivity index (χ3v) is 8.37. The second-order valence-corrected chi connectivity index (χ2v) is 11.3. The Hall–Kier alpha value is -4.33. The van der Waals surface area contributed by atoms with E-state index >= 15 is 0 Å². The SMILES string of the molecule is Brc1ccc2c(c1)Sc1ccc(-c3nc4ccccc4o3)cc1N2c1cccc(-c2nc3ccccc3o2)c1. The molecule has 0 amide bonds. The zero-order valence-corrected chi connectivity index (χ0v) is 22.7. The van der Waals surface area contributed by atoms with Crippen molar-refractivity contribution in [2.75, 3.05) is 4.90 Å². The second-order valence-electron chi connectivity index (χ2n) is 9.26. The van der Waals surface area contributed by atoms with Gasteiger partial charge in [0.15, 0.2) is 11.2 Å². The van der Waals surface area contributed by atoms with Crippen LogP contribution in [0.15, 0.2) is 132 Å². The predicted octanol–water partition coefficient (Wildman–Crippen LogP) is 10.00. The molecule has 1 aliphatic heterocycles. The maximum absolute atomic E-state index is 6.11. The van der Waals surface area contributed by atoms with Crippen molar-refractivity contribution in [1.82, 2.24) is 9.97 Å². The van der Waals surface area contributed by atoms with Crippen molar-refractivity contribution in [3.63, 3.8) is 0 Å². The number of hydrogen-bond donors (Lipinski definition) is 0. The minimum absolute atomic E-state index is 0.598. The molecule has 3 heterocycles. The molecule has 0 unspecified atom stereocenters. The van der Waals surface area contributed by atoms with Gasteiger partial charge < -0.3 is 13.7 Å². The molecule has 5 nitrogen and oxygen atoms in total. The van der Waals surface area contributed by atoms with Gasteiger partial charge in [0, 0.05) is 31.1 Å². The number of hydrogen-bond acceptors (Lipinski definition) is 6. The summed E-state index contributed by atoms with van der Waals surface area (Å²) in [5.41, 5.74) is 8.24. The Labute approximate surface area is 236 Å². The Kier molecular flexibility index (Phi) is 5.15. The number of benzene rings is 5. The van der Waals surface area contributed by atoms with Gasteiger partial charge in [-0.2, -0.15) is 0 Å². The van der Waals surface area contributed by atoms with E-state index in [2.05, 4.69) is 69.4 Å². The first-order valence-electron chi connectivity index (χ1n) is 12.4. The maximum atomic E-state index is 6.11. The standard InChI is InChI=1S/C32H18BrN3O2S/c33-21-13-14-25-30(18-21)39-29-15-12-20(32-35-24-9-2-4-11-28(24)38-32)17-26(29)36(25)22-7-5-6-19(16-22)31-34-23-8-1-3-10-27(23)37-31/h1-18H. The molecule has 1 aliphatic rings. The van der Waals surface area contributed by atoms with Crippen molar-refractivity contribution in [2.45, 2.75) is 9.79 Å². The number of para-hydroxylation sites is 4. The van der Waals surface area contributed by atoms with Crippen molar-refractivity contribution < 1.29 is 8.83 Å². The van der Waals surface area contributed by atoms with Crippen LogP contribution in [0.1, 0.15) is 0 Å². The number of aromatic nitrogens is 2. The first kappa shape index (κ1) is 22.6.